The number of aromatic hydroxyl groups is 1. The van der Waals surface area contributed by atoms with Crippen LogP contribution in [0.25, 0.3) is 0 Å². The lowest BCUT2D eigenvalue weighted by Gasteiger charge is -2.33. The molecule has 3 rings (SSSR count). The smallest absolute Gasteiger partial charge is 0.134 e. The van der Waals surface area contributed by atoms with E-state index >= 15 is 0 Å². The molecule has 0 fully saturated rings. The van der Waals surface area contributed by atoms with Gasteiger partial charge in [0.2, 0.25) is 0 Å². The van der Waals surface area contributed by atoms with Crippen molar-refractivity contribution in [3.8, 4) is 11.8 Å². The molecule has 1 atom stereocenters. The lowest BCUT2D eigenvalue weighted by atomic mass is 9.72. The lowest BCUT2D eigenvalue weighted by Crippen LogP contribution is -2.26. The summed E-state index contributed by atoms with van der Waals surface area (Å²) in [7, 11) is 0. The molecule has 0 saturated heterocycles. The zero-order valence-electron chi connectivity index (χ0n) is 14.3. The van der Waals surface area contributed by atoms with E-state index in [4.69, 9.17) is 0 Å². The summed E-state index contributed by atoms with van der Waals surface area (Å²) in [6.07, 6.45) is 4.87. The average molecular weight is 338 g/mol. The van der Waals surface area contributed by atoms with Gasteiger partial charge in [-0.1, -0.05) is 32.9 Å². The van der Waals surface area contributed by atoms with Crippen molar-refractivity contribution in [2.45, 2.75) is 40.0 Å². The molecule has 2 aromatic rings. The van der Waals surface area contributed by atoms with Gasteiger partial charge in [0.05, 0.1) is 5.56 Å². The highest BCUT2D eigenvalue weighted by Gasteiger charge is 2.32. The van der Waals surface area contributed by atoms with Crippen molar-refractivity contribution in [3.05, 3.63) is 45.8 Å². The maximum atomic E-state index is 9.57. The first-order valence-corrected chi connectivity index (χ1v) is 9.08. The third kappa shape index (κ3) is 3.37. The standard InChI is InChI=1S/C20H22N2OS/c1-20(2,3)14-7-8-16-17(11-21)19(24-18(16)10-14)22-12-13-5-4-6-15(23)9-13/h4-6,9,12,14,23H,7-8,10H2,1-3H3/t14-/m0/s1. The van der Waals surface area contributed by atoms with E-state index in [9.17, 15) is 10.4 Å². The van der Waals surface area contributed by atoms with Crippen LogP contribution in [0, 0.1) is 22.7 Å². The summed E-state index contributed by atoms with van der Waals surface area (Å²) in [5, 5.41) is 19.9. The van der Waals surface area contributed by atoms with E-state index in [0.29, 0.717) is 11.3 Å². The number of thiophene rings is 1. The quantitative estimate of drug-likeness (QED) is 0.763. The van der Waals surface area contributed by atoms with Gasteiger partial charge in [0.25, 0.3) is 0 Å². The molecule has 24 heavy (non-hydrogen) atoms. The van der Waals surface area contributed by atoms with Crippen molar-refractivity contribution >= 4 is 22.6 Å². The number of nitrogens with zero attached hydrogens (tertiary/aromatic N) is 2. The number of phenolic OH excluding ortho intramolecular Hbond substituents is 1. The van der Waals surface area contributed by atoms with E-state index in [1.54, 1.807) is 35.8 Å². The number of phenols is 1. The molecule has 0 bridgehead atoms. The van der Waals surface area contributed by atoms with Gasteiger partial charge >= 0.3 is 0 Å². The summed E-state index contributed by atoms with van der Waals surface area (Å²) < 4.78 is 0. The van der Waals surface area contributed by atoms with E-state index in [1.807, 2.05) is 6.07 Å². The van der Waals surface area contributed by atoms with E-state index in [0.717, 1.165) is 35.4 Å². The van der Waals surface area contributed by atoms with E-state index in [-0.39, 0.29) is 5.75 Å². The number of hydrogen-bond acceptors (Lipinski definition) is 4. The fourth-order valence-electron chi connectivity index (χ4n) is 3.26. The SMILES string of the molecule is CC(C)(C)[C@H]1CCc2c(sc(N=Cc3cccc(O)c3)c2C#N)C1. The van der Waals surface area contributed by atoms with Crippen molar-refractivity contribution in [3.63, 3.8) is 0 Å². The van der Waals surface area contributed by atoms with Crippen LogP contribution in [0.3, 0.4) is 0 Å². The van der Waals surface area contributed by atoms with Crippen molar-refractivity contribution in [2.75, 3.05) is 0 Å². The number of hydrogen-bond donors (Lipinski definition) is 1. The third-order valence-corrected chi connectivity index (χ3v) is 5.95. The van der Waals surface area contributed by atoms with Crippen LogP contribution in [0.2, 0.25) is 0 Å². The third-order valence-electron chi connectivity index (χ3n) is 4.78. The second-order valence-electron chi connectivity index (χ2n) is 7.45. The minimum absolute atomic E-state index is 0.220. The van der Waals surface area contributed by atoms with Gasteiger partial charge in [0.15, 0.2) is 0 Å². The molecule has 124 valence electrons. The first-order chi connectivity index (χ1) is 11.4. The Bertz CT molecular complexity index is 821. The number of nitriles is 1. The summed E-state index contributed by atoms with van der Waals surface area (Å²) in [5.74, 6) is 0.871. The maximum absolute atomic E-state index is 9.57. The Hall–Kier alpha value is -2.12. The normalized spacial score (nSPS) is 17.7. The molecule has 1 aromatic carbocycles. The fraction of sp³-hybridized carbons (Fsp3) is 0.400. The zero-order chi connectivity index (χ0) is 17.3. The molecule has 1 heterocycles. The molecule has 0 aliphatic heterocycles. The van der Waals surface area contributed by atoms with Crippen molar-refractivity contribution in [2.24, 2.45) is 16.3 Å². The summed E-state index contributed by atoms with van der Waals surface area (Å²) in [6, 6.07) is 9.33. The summed E-state index contributed by atoms with van der Waals surface area (Å²) >= 11 is 1.65. The van der Waals surface area contributed by atoms with Crippen LogP contribution in [0.1, 0.15) is 48.8 Å². The Morgan fingerprint density at radius 1 is 1.38 bits per heavy atom. The molecule has 1 aromatic heterocycles. The van der Waals surface area contributed by atoms with Crippen molar-refractivity contribution in [1.29, 1.82) is 5.26 Å². The molecule has 0 saturated carbocycles. The monoisotopic (exact) mass is 338 g/mol. The van der Waals surface area contributed by atoms with Crippen LogP contribution in [0.4, 0.5) is 5.00 Å². The van der Waals surface area contributed by atoms with Gasteiger partial charge in [-0.25, -0.2) is 4.99 Å². The first kappa shape index (κ1) is 16.7. The second kappa shape index (κ2) is 6.41. The van der Waals surface area contributed by atoms with E-state index in [1.165, 1.54) is 10.4 Å². The zero-order valence-corrected chi connectivity index (χ0v) is 15.2. The molecule has 0 spiro atoms. The largest absolute Gasteiger partial charge is 0.508 e. The molecule has 1 N–H and O–H groups in total. The van der Waals surface area contributed by atoms with Gasteiger partial charge < -0.3 is 5.11 Å². The number of rotatable bonds is 2. The predicted molar refractivity (Wildman–Crippen MR) is 99.4 cm³/mol. The van der Waals surface area contributed by atoms with Crippen LogP contribution < -0.4 is 0 Å². The molecular formula is C20H22N2OS. The second-order valence-corrected chi connectivity index (χ2v) is 8.54. The van der Waals surface area contributed by atoms with Gasteiger partial charge in [-0.3, -0.25) is 0 Å². The molecule has 0 unspecified atom stereocenters. The first-order valence-electron chi connectivity index (χ1n) is 8.26. The number of fused-ring (bicyclic) bond motifs is 1. The number of benzene rings is 1. The van der Waals surface area contributed by atoms with Crippen LogP contribution in [0.15, 0.2) is 29.3 Å². The molecular weight excluding hydrogens is 316 g/mol. The van der Waals surface area contributed by atoms with Gasteiger partial charge in [-0.05, 0) is 53.9 Å². The molecule has 0 radical (unpaired) electrons. The van der Waals surface area contributed by atoms with E-state index < -0.39 is 0 Å². The maximum Gasteiger partial charge on any atom is 0.134 e. The average Bonchev–Trinajstić information content (AvgIpc) is 2.88. The highest BCUT2D eigenvalue weighted by molar-refractivity contribution is 7.16. The molecule has 3 nitrogen and oxygen atoms in total. The highest BCUT2D eigenvalue weighted by Crippen LogP contribution is 2.44. The predicted octanol–water partition coefficient (Wildman–Crippen LogP) is 5.23. The number of aliphatic imine (C=N–C) groups is 1. The Balaban J connectivity index is 1.91. The summed E-state index contributed by atoms with van der Waals surface area (Å²) in [6.45, 7) is 6.88. The molecule has 1 aliphatic rings. The Morgan fingerprint density at radius 2 is 2.17 bits per heavy atom. The minimum atomic E-state index is 0.220. The topological polar surface area (TPSA) is 56.4 Å². The van der Waals surface area contributed by atoms with Crippen molar-refractivity contribution < 1.29 is 5.11 Å². The molecule has 4 heteroatoms. The van der Waals surface area contributed by atoms with E-state index in [2.05, 4.69) is 31.8 Å². The Labute approximate surface area is 147 Å². The van der Waals surface area contributed by atoms with Crippen LogP contribution in [-0.2, 0) is 12.8 Å². The fourth-order valence-corrected chi connectivity index (χ4v) is 4.48. The summed E-state index contributed by atoms with van der Waals surface area (Å²) in [4.78, 5) is 5.86. The van der Waals surface area contributed by atoms with Gasteiger partial charge in [0, 0.05) is 11.1 Å². The van der Waals surface area contributed by atoms with Crippen LogP contribution in [-0.4, -0.2) is 11.3 Å². The molecule has 0 amide bonds. The van der Waals surface area contributed by atoms with Gasteiger partial charge in [0.1, 0.15) is 16.8 Å². The van der Waals surface area contributed by atoms with Gasteiger partial charge in [-0.2, -0.15) is 5.26 Å². The Kier molecular flexibility index (Phi) is 4.47. The van der Waals surface area contributed by atoms with Crippen molar-refractivity contribution in [1.82, 2.24) is 0 Å². The highest BCUT2D eigenvalue weighted by atomic mass is 32.1. The lowest BCUT2D eigenvalue weighted by molar-refractivity contribution is 0.218. The molecule has 1 aliphatic carbocycles. The Morgan fingerprint density at radius 3 is 2.83 bits per heavy atom. The minimum Gasteiger partial charge on any atom is -0.508 e. The van der Waals surface area contributed by atoms with Crippen LogP contribution >= 0.6 is 11.3 Å². The summed E-state index contributed by atoms with van der Waals surface area (Å²) in [5.41, 5.74) is 3.06. The van der Waals surface area contributed by atoms with Gasteiger partial charge in [-0.15, -0.1) is 11.3 Å². The van der Waals surface area contributed by atoms with Crippen LogP contribution in [0.5, 0.6) is 5.75 Å².